The molecule has 0 saturated carbocycles. The van der Waals surface area contributed by atoms with Gasteiger partial charge in [-0.05, 0) is 37.6 Å². The van der Waals surface area contributed by atoms with E-state index in [-0.39, 0.29) is 5.91 Å². The number of hydrogen-bond donors (Lipinski definition) is 2. The molecule has 122 valence electrons. The highest BCUT2D eigenvalue weighted by Gasteiger charge is 2.15. The number of carbonyl (C=O) groups is 1. The van der Waals surface area contributed by atoms with Crippen molar-refractivity contribution in [2.24, 2.45) is 0 Å². The molecule has 22 heavy (non-hydrogen) atoms. The standard InChI is InChI=1S/C16H24ClN3O2/c1-12-11-14(3-4-15(12)17)22-13(2)16(21)19-7-10-20-8-5-18-6-9-20/h3-4,11,13,18H,5-10H2,1-2H3,(H,19,21). The fourth-order valence-corrected chi connectivity index (χ4v) is 2.48. The topological polar surface area (TPSA) is 53.6 Å². The molecule has 1 amide bonds. The van der Waals surface area contributed by atoms with Gasteiger partial charge >= 0.3 is 0 Å². The van der Waals surface area contributed by atoms with Gasteiger partial charge < -0.3 is 15.4 Å². The normalized spacial score (nSPS) is 17.0. The average Bonchev–Trinajstić information content (AvgIpc) is 2.52. The lowest BCUT2D eigenvalue weighted by molar-refractivity contribution is -0.127. The minimum Gasteiger partial charge on any atom is -0.481 e. The van der Waals surface area contributed by atoms with E-state index < -0.39 is 6.10 Å². The van der Waals surface area contributed by atoms with Crippen LogP contribution in [0, 0.1) is 6.92 Å². The van der Waals surface area contributed by atoms with Gasteiger partial charge in [-0.1, -0.05) is 11.6 Å². The molecule has 1 aromatic rings. The number of carbonyl (C=O) groups excluding carboxylic acids is 1. The summed E-state index contributed by atoms with van der Waals surface area (Å²) in [5.74, 6) is 0.564. The minimum atomic E-state index is -0.524. The predicted octanol–water partition coefficient (Wildman–Crippen LogP) is 1.44. The van der Waals surface area contributed by atoms with E-state index in [9.17, 15) is 4.79 Å². The summed E-state index contributed by atoms with van der Waals surface area (Å²) >= 11 is 5.98. The lowest BCUT2D eigenvalue weighted by atomic mass is 10.2. The smallest absolute Gasteiger partial charge is 0.260 e. The van der Waals surface area contributed by atoms with Gasteiger partial charge in [0, 0.05) is 44.3 Å². The highest BCUT2D eigenvalue weighted by atomic mass is 35.5. The summed E-state index contributed by atoms with van der Waals surface area (Å²) in [4.78, 5) is 14.4. The van der Waals surface area contributed by atoms with Crippen molar-refractivity contribution in [2.75, 3.05) is 39.3 Å². The first-order valence-electron chi connectivity index (χ1n) is 7.70. The third-order valence-corrected chi connectivity index (χ3v) is 4.17. The number of nitrogens with one attached hydrogen (secondary N) is 2. The summed E-state index contributed by atoms with van der Waals surface area (Å²) in [6.45, 7) is 9.29. The van der Waals surface area contributed by atoms with E-state index in [1.165, 1.54) is 0 Å². The molecule has 0 aliphatic carbocycles. The number of amides is 1. The molecule has 1 fully saturated rings. The molecular formula is C16H24ClN3O2. The van der Waals surface area contributed by atoms with Crippen LogP contribution in [-0.4, -0.2) is 56.2 Å². The maximum atomic E-state index is 12.0. The van der Waals surface area contributed by atoms with E-state index in [0.717, 1.165) is 38.3 Å². The fraction of sp³-hybridized carbons (Fsp3) is 0.562. The molecule has 6 heteroatoms. The van der Waals surface area contributed by atoms with E-state index in [4.69, 9.17) is 16.3 Å². The van der Waals surface area contributed by atoms with Gasteiger partial charge in [0.05, 0.1) is 0 Å². The molecule has 1 unspecified atom stereocenters. The first-order valence-corrected chi connectivity index (χ1v) is 8.07. The Bertz CT molecular complexity index is 504. The Labute approximate surface area is 137 Å². The van der Waals surface area contributed by atoms with Crippen LogP contribution in [0.5, 0.6) is 5.75 Å². The Morgan fingerprint density at radius 3 is 2.86 bits per heavy atom. The predicted molar refractivity (Wildman–Crippen MR) is 88.6 cm³/mol. The van der Waals surface area contributed by atoms with Crippen molar-refractivity contribution in [3.63, 3.8) is 0 Å². The lowest BCUT2D eigenvalue weighted by Crippen LogP contribution is -2.47. The molecular weight excluding hydrogens is 302 g/mol. The molecule has 0 bridgehead atoms. The number of hydrogen-bond acceptors (Lipinski definition) is 4. The number of benzene rings is 1. The van der Waals surface area contributed by atoms with Gasteiger partial charge in [0.1, 0.15) is 5.75 Å². The quantitative estimate of drug-likeness (QED) is 0.831. The number of aryl methyl sites for hydroxylation is 1. The molecule has 1 aliphatic heterocycles. The van der Waals surface area contributed by atoms with E-state index in [1.807, 2.05) is 13.0 Å². The van der Waals surface area contributed by atoms with Gasteiger partial charge in [-0.25, -0.2) is 0 Å². The van der Waals surface area contributed by atoms with Crippen molar-refractivity contribution in [1.29, 1.82) is 0 Å². The van der Waals surface area contributed by atoms with Crippen LogP contribution in [0.4, 0.5) is 0 Å². The lowest BCUT2D eigenvalue weighted by Gasteiger charge is -2.27. The van der Waals surface area contributed by atoms with E-state index in [0.29, 0.717) is 17.3 Å². The van der Waals surface area contributed by atoms with Crippen molar-refractivity contribution in [1.82, 2.24) is 15.5 Å². The Morgan fingerprint density at radius 2 is 2.18 bits per heavy atom. The van der Waals surface area contributed by atoms with Crippen LogP contribution < -0.4 is 15.4 Å². The van der Waals surface area contributed by atoms with Gasteiger partial charge in [0.2, 0.25) is 0 Å². The molecule has 1 aliphatic rings. The molecule has 2 rings (SSSR count). The van der Waals surface area contributed by atoms with Crippen molar-refractivity contribution < 1.29 is 9.53 Å². The SMILES string of the molecule is Cc1cc(OC(C)C(=O)NCCN2CCNCC2)ccc1Cl. The summed E-state index contributed by atoms with van der Waals surface area (Å²) < 4.78 is 5.66. The summed E-state index contributed by atoms with van der Waals surface area (Å²) in [6.07, 6.45) is -0.524. The van der Waals surface area contributed by atoms with Crippen LogP contribution in [0.2, 0.25) is 5.02 Å². The number of ether oxygens (including phenoxy) is 1. The van der Waals surface area contributed by atoms with Gasteiger partial charge in [-0.3, -0.25) is 9.69 Å². The summed E-state index contributed by atoms with van der Waals surface area (Å²) in [5.41, 5.74) is 0.936. The van der Waals surface area contributed by atoms with Crippen LogP contribution in [0.25, 0.3) is 0 Å². The van der Waals surface area contributed by atoms with Gasteiger partial charge in [0.25, 0.3) is 5.91 Å². The number of piperazine rings is 1. The van der Waals surface area contributed by atoms with E-state index >= 15 is 0 Å². The second-order valence-electron chi connectivity index (χ2n) is 5.55. The maximum absolute atomic E-state index is 12.0. The maximum Gasteiger partial charge on any atom is 0.260 e. The molecule has 0 aromatic heterocycles. The fourth-order valence-electron chi connectivity index (χ4n) is 2.36. The Kier molecular flexibility index (Phi) is 6.49. The van der Waals surface area contributed by atoms with Gasteiger partial charge in [-0.15, -0.1) is 0 Å². The molecule has 1 saturated heterocycles. The van der Waals surface area contributed by atoms with Gasteiger partial charge in [0.15, 0.2) is 6.10 Å². The van der Waals surface area contributed by atoms with Crippen molar-refractivity contribution in [3.05, 3.63) is 28.8 Å². The number of nitrogens with zero attached hydrogens (tertiary/aromatic N) is 1. The first-order chi connectivity index (χ1) is 10.6. The van der Waals surface area contributed by atoms with E-state index in [1.54, 1.807) is 19.1 Å². The third-order valence-electron chi connectivity index (χ3n) is 3.75. The van der Waals surface area contributed by atoms with Crippen LogP contribution in [0.3, 0.4) is 0 Å². The minimum absolute atomic E-state index is 0.0947. The average molecular weight is 326 g/mol. The highest BCUT2D eigenvalue weighted by molar-refractivity contribution is 6.31. The third kappa shape index (κ3) is 5.16. The molecule has 1 atom stereocenters. The second-order valence-corrected chi connectivity index (χ2v) is 5.96. The Morgan fingerprint density at radius 1 is 1.45 bits per heavy atom. The zero-order valence-corrected chi connectivity index (χ0v) is 13.9. The monoisotopic (exact) mass is 325 g/mol. The Hall–Kier alpha value is -1.30. The van der Waals surface area contributed by atoms with Gasteiger partial charge in [-0.2, -0.15) is 0 Å². The van der Waals surface area contributed by atoms with Crippen molar-refractivity contribution in [3.8, 4) is 5.75 Å². The second kappa shape index (κ2) is 8.36. The van der Waals surface area contributed by atoms with Crippen LogP contribution >= 0.6 is 11.6 Å². The molecule has 5 nitrogen and oxygen atoms in total. The molecule has 2 N–H and O–H groups in total. The van der Waals surface area contributed by atoms with Crippen LogP contribution in [0.1, 0.15) is 12.5 Å². The zero-order chi connectivity index (χ0) is 15.9. The summed E-state index contributed by atoms with van der Waals surface area (Å²) in [5, 5.41) is 6.93. The molecule has 1 heterocycles. The van der Waals surface area contributed by atoms with Crippen LogP contribution in [0.15, 0.2) is 18.2 Å². The van der Waals surface area contributed by atoms with Crippen LogP contribution in [-0.2, 0) is 4.79 Å². The van der Waals surface area contributed by atoms with E-state index in [2.05, 4.69) is 15.5 Å². The molecule has 0 spiro atoms. The summed E-state index contributed by atoms with van der Waals surface area (Å²) in [6, 6.07) is 5.40. The first kappa shape index (κ1) is 17.1. The molecule has 1 aromatic carbocycles. The molecule has 0 radical (unpaired) electrons. The van der Waals surface area contributed by atoms with Crippen molar-refractivity contribution in [2.45, 2.75) is 20.0 Å². The zero-order valence-electron chi connectivity index (χ0n) is 13.2. The number of rotatable bonds is 6. The summed E-state index contributed by atoms with van der Waals surface area (Å²) in [7, 11) is 0. The Balaban J connectivity index is 1.73. The number of halogens is 1. The highest BCUT2D eigenvalue weighted by Crippen LogP contribution is 2.21. The van der Waals surface area contributed by atoms with Crippen molar-refractivity contribution >= 4 is 17.5 Å². The largest absolute Gasteiger partial charge is 0.481 e.